The molecule has 0 saturated carbocycles. The lowest BCUT2D eigenvalue weighted by atomic mass is 10.2. The van der Waals surface area contributed by atoms with Crippen molar-refractivity contribution in [1.82, 2.24) is 4.90 Å². The Bertz CT molecular complexity index is 297. The molecule has 0 aliphatic heterocycles. The number of benzene rings is 1. The molecule has 0 amide bonds. The first-order valence-corrected chi connectivity index (χ1v) is 5.63. The molecule has 0 aliphatic rings. The second kappa shape index (κ2) is 5.47. The highest BCUT2D eigenvalue weighted by atomic mass is 79.9. The molecule has 0 fully saturated rings. The molecule has 1 rings (SSSR count). The molecule has 0 unspecified atom stereocenters. The third-order valence-corrected chi connectivity index (χ3v) is 2.80. The molecule has 0 spiro atoms. The first kappa shape index (κ1) is 11.7. The van der Waals surface area contributed by atoms with Crippen molar-refractivity contribution in [2.75, 3.05) is 13.1 Å². The summed E-state index contributed by atoms with van der Waals surface area (Å²) in [6.07, 6.45) is 0. The van der Waals surface area contributed by atoms with Gasteiger partial charge in [0.2, 0.25) is 0 Å². The van der Waals surface area contributed by atoms with E-state index in [1.807, 2.05) is 12.1 Å². The zero-order valence-electron chi connectivity index (χ0n) is 8.56. The molecule has 0 atom stereocenters. The van der Waals surface area contributed by atoms with Crippen LogP contribution in [0.5, 0.6) is 0 Å². The Morgan fingerprint density at radius 3 is 2.43 bits per heavy atom. The van der Waals surface area contributed by atoms with Crippen LogP contribution in [0, 0.1) is 5.82 Å². The SMILES string of the molecule is CCN(CC)Cc1ccc(Br)cc1F. The normalized spacial score (nSPS) is 10.9. The van der Waals surface area contributed by atoms with E-state index in [2.05, 4.69) is 34.7 Å². The van der Waals surface area contributed by atoms with Gasteiger partial charge in [-0.05, 0) is 25.2 Å². The molecule has 1 aromatic rings. The van der Waals surface area contributed by atoms with Crippen LogP contribution in [-0.4, -0.2) is 18.0 Å². The number of hydrogen-bond donors (Lipinski definition) is 0. The van der Waals surface area contributed by atoms with E-state index in [9.17, 15) is 4.39 Å². The van der Waals surface area contributed by atoms with E-state index in [1.54, 1.807) is 0 Å². The summed E-state index contributed by atoms with van der Waals surface area (Å²) in [7, 11) is 0. The van der Waals surface area contributed by atoms with Crippen LogP contribution in [-0.2, 0) is 6.54 Å². The summed E-state index contributed by atoms with van der Waals surface area (Å²) in [6.45, 7) is 6.75. The Kier molecular flexibility index (Phi) is 4.55. The highest BCUT2D eigenvalue weighted by molar-refractivity contribution is 9.10. The molecule has 1 nitrogen and oxygen atoms in total. The minimum atomic E-state index is -0.133. The molecule has 14 heavy (non-hydrogen) atoms. The van der Waals surface area contributed by atoms with E-state index < -0.39 is 0 Å². The van der Waals surface area contributed by atoms with E-state index in [-0.39, 0.29) is 5.82 Å². The molecule has 3 heteroatoms. The van der Waals surface area contributed by atoms with Gasteiger partial charge in [-0.2, -0.15) is 0 Å². The molecule has 0 radical (unpaired) electrons. The van der Waals surface area contributed by atoms with E-state index in [0.717, 1.165) is 23.1 Å². The Morgan fingerprint density at radius 1 is 1.29 bits per heavy atom. The van der Waals surface area contributed by atoms with Crippen LogP contribution in [0.15, 0.2) is 22.7 Å². The Labute approximate surface area is 93.0 Å². The van der Waals surface area contributed by atoms with Gasteiger partial charge in [-0.15, -0.1) is 0 Å². The minimum Gasteiger partial charge on any atom is -0.300 e. The number of hydrogen-bond acceptors (Lipinski definition) is 1. The average Bonchev–Trinajstić information content (AvgIpc) is 2.17. The predicted octanol–water partition coefficient (Wildman–Crippen LogP) is 3.43. The van der Waals surface area contributed by atoms with Crippen LogP contribution < -0.4 is 0 Å². The zero-order valence-corrected chi connectivity index (χ0v) is 10.1. The summed E-state index contributed by atoms with van der Waals surface area (Å²) in [5, 5.41) is 0. The van der Waals surface area contributed by atoms with E-state index in [1.165, 1.54) is 6.07 Å². The van der Waals surface area contributed by atoms with Crippen molar-refractivity contribution in [2.45, 2.75) is 20.4 Å². The maximum Gasteiger partial charge on any atom is 0.128 e. The van der Waals surface area contributed by atoms with Gasteiger partial charge in [0.25, 0.3) is 0 Å². The third-order valence-electron chi connectivity index (χ3n) is 2.30. The van der Waals surface area contributed by atoms with Gasteiger partial charge in [0, 0.05) is 16.6 Å². The first-order chi connectivity index (χ1) is 6.67. The second-order valence-corrected chi connectivity index (χ2v) is 4.11. The third kappa shape index (κ3) is 3.07. The van der Waals surface area contributed by atoms with Crippen molar-refractivity contribution in [1.29, 1.82) is 0 Å². The Morgan fingerprint density at radius 2 is 1.93 bits per heavy atom. The van der Waals surface area contributed by atoms with Crippen molar-refractivity contribution >= 4 is 15.9 Å². The molecule has 0 saturated heterocycles. The maximum atomic E-state index is 13.4. The summed E-state index contributed by atoms with van der Waals surface area (Å²) < 4.78 is 14.2. The molecule has 1 aromatic carbocycles. The molecule has 0 heterocycles. The summed E-state index contributed by atoms with van der Waals surface area (Å²) in [5.74, 6) is -0.133. The lowest BCUT2D eigenvalue weighted by Crippen LogP contribution is -2.22. The largest absolute Gasteiger partial charge is 0.300 e. The lowest BCUT2D eigenvalue weighted by Gasteiger charge is -2.18. The fourth-order valence-electron chi connectivity index (χ4n) is 1.34. The lowest BCUT2D eigenvalue weighted by molar-refractivity contribution is 0.291. The fourth-order valence-corrected chi connectivity index (χ4v) is 1.67. The van der Waals surface area contributed by atoms with Gasteiger partial charge in [-0.25, -0.2) is 4.39 Å². The fraction of sp³-hybridized carbons (Fsp3) is 0.455. The van der Waals surface area contributed by atoms with Crippen LogP contribution in [0.2, 0.25) is 0 Å². The maximum absolute atomic E-state index is 13.4. The van der Waals surface area contributed by atoms with Gasteiger partial charge in [0.05, 0.1) is 0 Å². The van der Waals surface area contributed by atoms with E-state index in [4.69, 9.17) is 0 Å². The van der Waals surface area contributed by atoms with Crippen LogP contribution in [0.25, 0.3) is 0 Å². The topological polar surface area (TPSA) is 3.24 Å². The summed E-state index contributed by atoms with van der Waals surface area (Å²) >= 11 is 3.24. The standard InChI is InChI=1S/C11H15BrFN/c1-3-14(4-2)8-9-5-6-10(12)7-11(9)13/h5-7H,3-4,8H2,1-2H3. The average molecular weight is 260 g/mol. The number of nitrogens with zero attached hydrogens (tertiary/aromatic N) is 1. The smallest absolute Gasteiger partial charge is 0.128 e. The van der Waals surface area contributed by atoms with Crippen molar-refractivity contribution < 1.29 is 4.39 Å². The van der Waals surface area contributed by atoms with Gasteiger partial charge in [0.15, 0.2) is 0 Å². The monoisotopic (exact) mass is 259 g/mol. The molecule has 0 N–H and O–H groups in total. The predicted molar refractivity (Wildman–Crippen MR) is 60.7 cm³/mol. The molecule has 0 aromatic heterocycles. The molecular weight excluding hydrogens is 245 g/mol. The van der Waals surface area contributed by atoms with Crippen LogP contribution in [0.3, 0.4) is 0 Å². The van der Waals surface area contributed by atoms with Crippen molar-refractivity contribution in [2.24, 2.45) is 0 Å². The van der Waals surface area contributed by atoms with Crippen molar-refractivity contribution in [3.8, 4) is 0 Å². The first-order valence-electron chi connectivity index (χ1n) is 4.83. The van der Waals surface area contributed by atoms with Crippen molar-refractivity contribution in [3.05, 3.63) is 34.1 Å². The quantitative estimate of drug-likeness (QED) is 0.801. The van der Waals surface area contributed by atoms with Crippen LogP contribution in [0.1, 0.15) is 19.4 Å². The van der Waals surface area contributed by atoms with Gasteiger partial charge in [-0.1, -0.05) is 35.8 Å². The summed E-state index contributed by atoms with van der Waals surface area (Å²) in [6, 6.07) is 5.22. The van der Waals surface area contributed by atoms with Gasteiger partial charge in [0.1, 0.15) is 5.82 Å². The second-order valence-electron chi connectivity index (χ2n) is 3.20. The molecule has 0 bridgehead atoms. The van der Waals surface area contributed by atoms with Gasteiger partial charge in [-0.3, -0.25) is 4.90 Å². The van der Waals surface area contributed by atoms with Crippen molar-refractivity contribution in [3.63, 3.8) is 0 Å². The Balaban J connectivity index is 2.76. The molecular formula is C11H15BrFN. The van der Waals surface area contributed by atoms with E-state index in [0.29, 0.717) is 6.54 Å². The molecule has 78 valence electrons. The molecule has 0 aliphatic carbocycles. The van der Waals surface area contributed by atoms with Crippen LogP contribution >= 0.6 is 15.9 Å². The summed E-state index contributed by atoms with van der Waals surface area (Å²) in [5.41, 5.74) is 0.761. The highest BCUT2D eigenvalue weighted by Gasteiger charge is 2.06. The van der Waals surface area contributed by atoms with Crippen LogP contribution in [0.4, 0.5) is 4.39 Å². The minimum absolute atomic E-state index is 0.133. The summed E-state index contributed by atoms with van der Waals surface area (Å²) in [4.78, 5) is 2.19. The zero-order chi connectivity index (χ0) is 10.6. The van der Waals surface area contributed by atoms with E-state index >= 15 is 0 Å². The van der Waals surface area contributed by atoms with Gasteiger partial charge < -0.3 is 0 Å². The van der Waals surface area contributed by atoms with Gasteiger partial charge >= 0.3 is 0 Å². The Hall–Kier alpha value is -0.410. The number of halogens is 2. The highest BCUT2D eigenvalue weighted by Crippen LogP contribution is 2.16. The number of rotatable bonds is 4.